The Morgan fingerprint density at radius 1 is 1.03 bits per heavy atom. The molecule has 0 aliphatic heterocycles. The zero-order valence-corrected chi connectivity index (χ0v) is 17.8. The van der Waals surface area contributed by atoms with E-state index in [0.29, 0.717) is 6.54 Å². The smallest absolute Gasteiger partial charge is 0.230 e. The molecular weight excluding hydrogens is 423 g/mol. The lowest BCUT2D eigenvalue weighted by Gasteiger charge is -2.06. The molecule has 32 heavy (non-hydrogen) atoms. The highest BCUT2D eigenvalue weighted by Gasteiger charge is 2.13. The average molecular weight is 443 g/mol. The highest BCUT2D eigenvalue weighted by Crippen LogP contribution is 2.30. The molecule has 0 unspecified atom stereocenters. The highest BCUT2D eigenvalue weighted by atomic mass is 32.2. The Morgan fingerprint density at radius 3 is 2.72 bits per heavy atom. The molecule has 0 atom stereocenters. The Hall–Kier alpha value is -3.71. The maximum absolute atomic E-state index is 13.0. The number of fused-ring (bicyclic) bond motifs is 2. The molecule has 5 nitrogen and oxygen atoms in total. The van der Waals surface area contributed by atoms with Crippen LogP contribution in [0.15, 0.2) is 90.2 Å². The van der Waals surface area contributed by atoms with Crippen LogP contribution < -0.4 is 5.32 Å². The van der Waals surface area contributed by atoms with E-state index in [1.165, 1.54) is 23.9 Å². The SMILES string of the molecule is O=C(CSc1nccn2nc(-c3cccc4ccccc34)cc12)NCc1ccc(F)cc1. The van der Waals surface area contributed by atoms with Crippen LogP contribution in [0.25, 0.3) is 27.5 Å². The second kappa shape index (κ2) is 8.80. The van der Waals surface area contributed by atoms with Crippen molar-refractivity contribution >= 4 is 34.0 Å². The van der Waals surface area contributed by atoms with Crippen molar-refractivity contribution in [2.75, 3.05) is 5.75 Å². The van der Waals surface area contributed by atoms with E-state index in [9.17, 15) is 9.18 Å². The number of carbonyl (C=O) groups is 1. The molecule has 0 radical (unpaired) electrons. The number of hydrogen-bond acceptors (Lipinski definition) is 4. The third-order valence-electron chi connectivity index (χ3n) is 5.16. The first-order valence-corrected chi connectivity index (χ1v) is 11.1. The summed E-state index contributed by atoms with van der Waals surface area (Å²) >= 11 is 1.36. The zero-order valence-electron chi connectivity index (χ0n) is 17.0. The molecule has 158 valence electrons. The van der Waals surface area contributed by atoms with Gasteiger partial charge in [0.15, 0.2) is 0 Å². The predicted octanol–water partition coefficient (Wildman–Crippen LogP) is 5.10. The van der Waals surface area contributed by atoms with Crippen LogP contribution in [-0.2, 0) is 11.3 Å². The summed E-state index contributed by atoms with van der Waals surface area (Å²) in [4.78, 5) is 16.8. The van der Waals surface area contributed by atoms with Crippen LogP contribution in [0.5, 0.6) is 0 Å². The highest BCUT2D eigenvalue weighted by molar-refractivity contribution is 8.00. The van der Waals surface area contributed by atoms with E-state index in [1.807, 2.05) is 30.5 Å². The third-order valence-corrected chi connectivity index (χ3v) is 6.16. The first-order valence-electron chi connectivity index (χ1n) is 10.1. The van der Waals surface area contributed by atoms with Gasteiger partial charge in [0.05, 0.1) is 17.0 Å². The quantitative estimate of drug-likeness (QED) is 0.372. The molecule has 0 aliphatic carbocycles. The molecular formula is C25H19FN4OS. The summed E-state index contributed by atoms with van der Waals surface area (Å²) in [5, 5.41) is 10.6. The maximum Gasteiger partial charge on any atom is 0.230 e. The van der Waals surface area contributed by atoms with Gasteiger partial charge in [-0.1, -0.05) is 66.4 Å². The summed E-state index contributed by atoms with van der Waals surface area (Å²) < 4.78 is 14.8. The molecule has 2 heterocycles. The topological polar surface area (TPSA) is 59.3 Å². The molecule has 0 saturated heterocycles. The number of amides is 1. The summed E-state index contributed by atoms with van der Waals surface area (Å²) in [5.74, 6) is -0.182. The second-order valence-electron chi connectivity index (χ2n) is 7.31. The number of thioether (sulfide) groups is 1. The van der Waals surface area contributed by atoms with Crippen LogP contribution in [0.1, 0.15) is 5.56 Å². The first-order chi connectivity index (χ1) is 15.7. The van der Waals surface area contributed by atoms with Crippen molar-refractivity contribution in [3.63, 3.8) is 0 Å². The number of hydrogen-bond donors (Lipinski definition) is 1. The van der Waals surface area contributed by atoms with Crippen LogP contribution in [0, 0.1) is 5.82 Å². The second-order valence-corrected chi connectivity index (χ2v) is 8.27. The lowest BCUT2D eigenvalue weighted by atomic mass is 10.0. The molecule has 0 bridgehead atoms. The number of rotatable bonds is 6. The van der Waals surface area contributed by atoms with E-state index in [0.717, 1.165) is 38.1 Å². The van der Waals surface area contributed by atoms with Gasteiger partial charge in [0, 0.05) is 24.5 Å². The van der Waals surface area contributed by atoms with Crippen molar-refractivity contribution < 1.29 is 9.18 Å². The number of halogens is 1. The van der Waals surface area contributed by atoms with Crippen molar-refractivity contribution in [1.29, 1.82) is 0 Å². The predicted molar refractivity (Wildman–Crippen MR) is 125 cm³/mol. The van der Waals surface area contributed by atoms with Crippen molar-refractivity contribution in [2.24, 2.45) is 0 Å². The van der Waals surface area contributed by atoms with Crippen LogP contribution in [0.4, 0.5) is 4.39 Å². The Balaban J connectivity index is 1.33. The van der Waals surface area contributed by atoms with E-state index in [2.05, 4.69) is 34.6 Å². The van der Waals surface area contributed by atoms with Gasteiger partial charge in [-0.3, -0.25) is 4.79 Å². The van der Waals surface area contributed by atoms with Gasteiger partial charge in [-0.05, 0) is 34.5 Å². The van der Waals surface area contributed by atoms with Crippen LogP contribution >= 0.6 is 11.8 Å². The van der Waals surface area contributed by atoms with Crippen LogP contribution in [0.2, 0.25) is 0 Å². The summed E-state index contributed by atoms with van der Waals surface area (Å²) in [6.07, 6.45) is 3.49. The van der Waals surface area contributed by atoms with Gasteiger partial charge >= 0.3 is 0 Å². The van der Waals surface area contributed by atoms with Gasteiger partial charge in [0.25, 0.3) is 0 Å². The number of nitrogens with one attached hydrogen (secondary N) is 1. The molecule has 1 N–H and O–H groups in total. The maximum atomic E-state index is 13.0. The van der Waals surface area contributed by atoms with Crippen LogP contribution in [-0.4, -0.2) is 26.3 Å². The Morgan fingerprint density at radius 2 is 1.84 bits per heavy atom. The molecule has 5 aromatic rings. The fourth-order valence-corrected chi connectivity index (χ4v) is 4.38. The number of benzene rings is 3. The Kier molecular flexibility index (Phi) is 5.56. The summed E-state index contributed by atoms with van der Waals surface area (Å²) in [5.41, 5.74) is 3.62. The van der Waals surface area contributed by atoms with Gasteiger partial charge in [0.2, 0.25) is 5.91 Å². The monoisotopic (exact) mass is 442 g/mol. The van der Waals surface area contributed by atoms with Crippen molar-refractivity contribution in [1.82, 2.24) is 19.9 Å². The molecule has 7 heteroatoms. The van der Waals surface area contributed by atoms with E-state index in [4.69, 9.17) is 5.10 Å². The zero-order chi connectivity index (χ0) is 21.9. The van der Waals surface area contributed by atoms with Gasteiger partial charge in [-0.2, -0.15) is 5.10 Å². The number of aromatic nitrogens is 3. The van der Waals surface area contributed by atoms with Crippen LogP contribution in [0.3, 0.4) is 0 Å². The molecule has 1 amide bonds. The number of carbonyl (C=O) groups excluding carboxylic acids is 1. The van der Waals surface area contributed by atoms with Gasteiger partial charge in [-0.25, -0.2) is 13.9 Å². The Bertz CT molecular complexity index is 1410. The Labute approximate surface area is 188 Å². The fraction of sp³-hybridized carbons (Fsp3) is 0.0800. The molecule has 2 aromatic heterocycles. The molecule has 3 aromatic carbocycles. The molecule has 5 rings (SSSR count). The summed E-state index contributed by atoms with van der Waals surface area (Å²) in [7, 11) is 0. The van der Waals surface area contributed by atoms with Gasteiger partial charge < -0.3 is 5.32 Å². The van der Waals surface area contributed by atoms with E-state index in [-0.39, 0.29) is 17.5 Å². The minimum Gasteiger partial charge on any atom is -0.351 e. The van der Waals surface area contributed by atoms with E-state index >= 15 is 0 Å². The normalized spacial score (nSPS) is 11.2. The molecule has 0 aliphatic rings. The largest absolute Gasteiger partial charge is 0.351 e. The van der Waals surface area contributed by atoms with E-state index in [1.54, 1.807) is 22.8 Å². The minimum atomic E-state index is -0.293. The number of nitrogens with zero attached hydrogens (tertiary/aromatic N) is 3. The molecule has 0 fully saturated rings. The van der Waals surface area contributed by atoms with Gasteiger partial charge in [0.1, 0.15) is 10.8 Å². The third kappa shape index (κ3) is 4.20. The van der Waals surface area contributed by atoms with Crippen molar-refractivity contribution in [3.8, 4) is 11.3 Å². The summed E-state index contributed by atoms with van der Waals surface area (Å²) in [6, 6.07) is 22.5. The first kappa shape index (κ1) is 20.2. The van der Waals surface area contributed by atoms with E-state index < -0.39 is 0 Å². The lowest BCUT2D eigenvalue weighted by Crippen LogP contribution is -2.24. The molecule has 0 saturated carbocycles. The minimum absolute atomic E-state index is 0.114. The average Bonchev–Trinajstić information content (AvgIpc) is 3.27. The molecule has 0 spiro atoms. The fourth-order valence-electron chi connectivity index (χ4n) is 3.58. The lowest BCUT2D eigenvalue weighted by molar-refractivity contribution is -0.118. The van der Waals surface area contributed by atoms with Crippen molar-refractivity contribution in [2.45, 2.75) is 11.6 Å². The standard InChI is InChI=1S/C25H19FN4OS/c26-19-10-8-17(9-11-19)15-28-24(31)16-32-25-23-14-22(29-30(23)13-12-27-25)21-7-3-5-18-4-1-2-6-20(18)21/h1-14H,15-16H2,(H,28,31). The van der Waals surface area contributed by atoms with Crippen molar-refractivity contribution in [3.05, 3.63) is 96.6 Å². The summed E-state index contributed by atoms with van der Waals surface area (Å²) in [6.45, 7) is 0.356. The van der Waals surface area contributed by atoms with Gasteiger partial charge in [-0.15, -0.1) is 0 Å².